The predicted octanol–water partition coefficient (Wildman–Crippen LogP) is 4.14. The lowest BCUT2D eigenvalue weighted by molar-refractivity contribution is 0.0729. The second-order valence-corrected chi connectivity index (χ2v) is 7.00. The SMILES string of the molecule is N#CCCCn1cc(C(=O)N(Cc2ccccn2)C2CC2)c2ccccc21. The van der Waals surface area contributed by atoms with Crippen LogP contribution in [0.2, 0.25) is 0 Å². The molecule has 0 aliphatic heterocycles. The minimum atomic E-state index is 0.0680. The first-order chi connectivity index (χ1) is 13.3. The molecule has 4 rings (SSSR count). The minimum Gasteiger partial charge on any atom is -0.347 e. The average molecular weight is 358 g/mol. The zero-order chi connectivity index (χ0) is 18.6. The van der Waals surface area contributed by atoms with Crippen LogP contribution in [-0.2, 0) is 13.1 Å². The van der Waals surface area contributed by atoms with Crippen LogP contribution in [0.25, 0.3) is 10.9 Å². The number of aryl methyl sites for hydroxylation is 1. The van der Waals surface area contributed by atoms with Gasteiger partial charge in [-0.25, -0.2) is 0 Å². The Morgan fingerprint density at radius 1 is 1.22 bits per heavy atom. The largest absolute Gasteiger partial charge is 0.347 e. The van der Waals surface area contributed by atoms with Gasteiger partial charge in [0.05, 0.1) is 23.9 Å². The van der Waals surface area contributed by atoms with Gasteiger partial charge in [0, 0.05) is 42.3 Å². The third-order valence-corrected chi connectivity index (χ3v) is 5.01. The van der Waals surface area contributed by atoms with Crippen molar-refractivity contribution in [3.63, 3.8) is 0 Å². The van der Waals surface area contributed by atoms with Crippen molar-refractivity contribution in [2.75, 3.05) is 0 Å². The molecular weight excluding hydrogens is 336 g/mol. The molecule has 0 bridgehead atoms. The van der Waals surface area contributed by atoms with Crippen molar-refractivity contribution in [1.29, 1.82) is 5.26 Å². The highest BCUT2D eigenvalue weighted by atomic mass is 16.2. The normalized spacial score (nSPS) is 13.4. The molecule has 27 heavy (non-hydrogen) atoms. The number of benzene rings is 1. The van der Waals surface area contributed by atoms with Crippen molar-refractivity contribution in [2.45, 2.75) is 44.8 Å². The first-order valence-corrected chi connectivity index (χ1v) is 9.43. The second-order valence-electron chi connectivity index (χ2n) is 7.00. The summed E-state index contributed by atoms with van der Waals surface area (Å²) in [6.45, 7) is 1.28. The lowest BCUT2D eigenvalue weighted by atomic mass is 10.1. The molecule has 1 amide bonds. The van der Waals surface area contributed by atoms with Gasteiger partial charge in [-0.1, -0.05) is 24.3 Å². The number of unbranched alkanes of at least 4 members (excludes halogenated alkanes) is 1. The molecule has 3 aromatic rings. The first-order valence-electron chi connectivity index (χ1n) is 9.43. The zero-order valence-corrected chi connectivity index (χ0v) is 15.2. The smallest absolute Gasteiger partial charge is 0.256 e. The van der Waals surface area contributed by atoms with E-state index in [1.54, 1.807) is 6.20 Å². The molecule has 1 aliphatic carbocycles. The molecule has 5 heteroatoms. The summed E-state index contributed by atoms with van der Waals surface area (Å²) < 4.78 is 2.10. The molecule has 1 saturated carbocycles. The van der Waals surface area contributed by atoms with Crippen LogP contribution >= 0.6 is 0 Å². The summed E-state index contributed by atoms with van der Waals surface area (Å²) in [5.41, 5.74) is 2.70. The molecule has 2 heterocycles. The molecule has 2 aromatic heterocycles. The number of fused-ring (bicyclic) bond motifs is 1. The van der Waals surface area contributed by atoms with E-state index in [0.717, 1.165) is 48.0 Å². The Bertz CT molecular complexity index is 982. The van der Waals surface area contributed by atoms with Crippen LogP contribution < -0.4 is 0 Å². The van der Waals surface area contributed by atoms with Gasteiger partial charge in [0.15, 0.2) is 0 Å². The lowest BCUT2D eigenvalue weighted by Gasteiger charge is -2.21. The van der Waals surface area contributed by atoms with Crippen molar-refractivity contribution in [2.24, 2.45) is 0 Å². The van der Waals surface area contributed by atoms with E-state index < -0.39 is 0 Å². The Labute approximate surface area is 158 Å². The van der Waals surface area contributed by atoms with Crippen LogP contribution in [0.1, 0.15) is 41.7 Å². The Kier molecular flexibility index (Phi) is 4.88. The van der Waals surface area contributed by atoms with Crippen molar-refractivity contribution in [1.82, 2.24) is 14.5 Å². The Balaban J connectivity index is 1.65. The number of rotatable bonds is 7. The Morgan fingerprint density at radius 3 is 2.78 bits per heavy atom. The Morgan fingerprint density at radius 2 is 2.04 bits per heavy atom. The maximum atomic E-state index is 13.4. The quantitative estimate of drug-likeness (QED) is 0.596. The van der Waals surface area contributed by atoms with Gasteiger partial charge in [-0.15, -0.1) is 0 Å². The van der Waals surface area contributed by atoms with Gasteiger partial charge >= 0.3 is 0 Å². The van der Waals surface area contributed by atoms with Crippen molar-refractivity contribution in [3.05, 3.63) is 66.1 Å². The van der Waals surface area contributed by atoms with E-state index in [2.05, 4.69) is 15.6 Å². The molecule has 136 valence electrons. The summed E-state index contributed by atoms with van der Waals surface area (Å²) in [6.07, 6.45) is 7.13. The summed E-state index contributed by atoms with van der Waals surface area (Å²) in [7, 11) is 0. The predicted molar refractivity (Wildman–Crippen MR) is 104 cm³/mol. The summed E-state index contributed by atoms with van der Waals surface area (Å²) >= 11 is 0. The van der Waals surface area contributed by atoms with Crippen LogP contribution in [-0.4, -0.2) is 26.4 Å². The molecule has 1 aliphatic rings. The molecule has 1 aromatic carbocycles. The minimum absolute atomic E-state index is 0.0680. The Hall–Kier alpha value is -3.13. The molecule has 0 radical (unpaired) electrons. The fourth-order valence-electron chi connectivity index (χ4n) is 3.50. The summed E-state index contributed by atoms with van der Waals surface area (Å²) in [5, 5.41) is 9.78. The summed E-state index contributed by atoms with van der Waals surface area (Å²) in [4.78, 5) is 19.8. The number of hydrogen-bond acceptors (Lipinski definition) is 3. The zero-order valence-electron chi connectivity index (χ0n) is 15.2. The standard InChI is InChI=1S/C22H22N4O/c23-12-4-6-14-25-16-20(19-8-1-2-9-21(19)25)22(27)26(18-10-11-18)15-17-7-3-5-13-24-17/h1-3,5,7-9,13,16,18H,4,6,10-11,14-15H2. The highest BCUT2D eigenvalue weighted by Crippen LogP contribution is 2.32. The molecule has 0 saturated heterocycles. The molecule has 0 N–H and O–H groups in total. The number of pyridine rings is 1. The van der Waals surface area contributed by atoms with Crippen LogP contribution in [0.4, 0.5) is 0 Å². The van der Waals surface area contributed by atoms with Crippen molar-refractivity contribution >= 4 is 16.8 Å². The third-order valence-electron chi connectivity index (χ3n) is 5.01. The van der Waals surface area contributed by atoms with Gasteiger partial charge in [0.25, 0.3) is 5.91 Å². The van der Waals surface area contributed by atoms with Gasteiger partial charge in [-0.3, -0.25) is 9.78 Å². The summed E-state index contributed by atoms with van der Waals surface area (Å²) in [6, 6.07) is 16.3. The molecule has 0 atom stereocenters. The number of hydrogen-bond donors (Lipinski definition) is 0. The van der Waals surface area contributed by atoms with Gasteiger partial charge < -0.3 is 9.47 Å². The van der Waals surface area contributed by atoms with Crippen LogP contribution in [0.3, 0.4) is 0 Å². The first kappa shape index (κ1) is 17.3. The number of carbonyl (C=O) groups is 1. The van der Waals surface area contributed by atoms with Crippen molar-refractivity contribution < 1.29 is 4.79 Å². The van der Waals surface area contributed by atoms with Crippen LogP contribution in [0.15, 0.2) is 54.9 Å². The van der Waals surface area contributed by atoms with Crippen LogP contribution in [0, 0.1) is 11.3 Å². The fourth-order valence-corrected chi connectivity index (χ4v) is 3.50. The monoisotopic (exact) mass is 358 g/mol. The second kappa shape index (κ2) is 7.63. The van der Waals surface area contributed by atoms with E-state index >= 15 is 0 Å². The van der Waals surface area contributed by atoms with E-state index in [4.69, 9.17) is 5.26 Å². The number of para-hydroxylation sites is 1. The molecular formula is C22H22N4O. The highest BCUT2D eigenvalue weighted by Gasteiger charge is 2.34. The van der Waals surface area contributed by atoms with E-state index in [9.17, 15) is 4.79 Å². The van der Waals surface area contributed by atoms with Gasteiger partial charge in [0.2, 0.25) is 0 Å². The van der Waals surface area contributed by atoms with E-state index in [-0.39, 0.29) is 5.91 Å². The van der Waals surface area contributed by atoms with Crippen LogP contribution in [0.5, 0.6) is 0 Å². The third kappa shape index (κ3) is 3.70. The van der Waals surface area contributed by atoms with Gasteiger partial charge in [-0.05, 0) is 37.5 Å². The van der Waals surface area contributed by atoms with Gasteiger partial charge in [0.1, 0.15) is 0 Å². The van der Waals surface area contributed by atoms with E-state index in [0.29, 0.717) is 19.0 Å². The number of aromatic nitrogens is 2. The topological polar surface area (TPSA) is 61.9 Å². The number of nitriles is 1. The number of nitrogens with zero attached hydrogens (tertiary/aromatic N) is 4. The highest BCUT2D eigenvalue weighted by molar-refractivity contribution is 6.07. The number of carbonyl (C=O) groups excluding carboxylic acids is 1. The lowest BCUT2D eigenvalue weighted by Crippen LogP contribution is -2.32. The number of amides is 1. The van der Waals surface area contributed by atoms with Gasteiger partial charge in [-0.2, -0.15) is 5.26 Å². The molecule has 5 nitrogen and oxygen atoms in total. The fraction of sp³-hybridized carbons (Fsp3) is 0.318. The summed E-state index contributed by atoms with van der Waals surface area (Å²) in [5.74, 6) is 0.0680. The maximum absolute atomic E-state index is 13.4. The molecule has 1 fully saturated rings. The van der Waals surface area contributed by atoms with E-state index in [1.165, 1.54) is 0 Å². The van der Waals surface area contributed by atoms with Crippen molar-refractivity contribution in [3.8, 4) is 6.07 Å². The molecule has 0 spiro atoms. The maximum Gasteiger partial charge on any atom is 0.256 e. The molecule has 0 unspecified atom stereocenters. The average Bonchev–Trinajstić information content (AvgIpc) is 3.48. The van der Waals surface area contributed by atoms with E-state index in [1.807, 2.05) is 53.6 Å².